The van der Waals surface area contributed by atoms with Crippen LogP contribution in [-0.2, 0) is 14.8 Å². The molecular formula is C18H28ClFN2O3S. The summed E-state index contributed by atoms with van der Waals surface area (Å²) >= 11 is 6.02. The topological polar surface area (TPSA) is 49.9 Å². The summed E-state index contributed by atoms with van der Waals surface area (Å²) in [6.45, 7) is 6.56. The molecule has 0 saturated carbocycles. The normalized spacial score (nSPS) is 16.3. The van der Waals surface area contributed by atoms with E-state index in [4.69, 9.17) is 16.3 Å². The lowest BCUT2D eigenvalue weighted by Gasteiger charge is -2.30. The van der Waals surface area contributed by atoms with E-state index in [2.05, 4.69) is 11.8 Å². The number of unbranched alkanes of at least 4 members (excludes halogenated alkanes) is 3. The van der Waals surface area contributed by atoms with Crippen molar-refractivity contribution < 1.29 is 17.5 Å². The Morgan fingerprint density at radius 1 is 1.19 bits per heavy atom. The predicted octanol–water partition coefficient (Wildman–Crippen LogP) is 3.38. The molecule has 0 aliphatic carbocycles. The van der Waals surface area contributed by atoms with Crippen LogP contribution < -0.4 is 0 Å². The van der Waals surface area contributed by atoms with Crippen molar-refractivity contribution in [2.75, 3.05) is 45.9 Å². The van der Waals surface area contributed by atoms with Crippen LogP contribution in [-0.4, -0.2) is 63.6 Å². The van der Waals surface area contributed by atoms with E-state index in [-0.39, 0.29) is 9.92 Å². The third-order valence-electron chi connectivity index (χ3n) is 4.54. The number of benzene rings is 1. The van der Waals surface area contributed by atoms with Crippen LogP contribution in [0.4, 0.5) is 4.39 Å². The maximum Gasteiger partial charge on any atom is 0.244 e. The molecule has 0 unspecified atom stereocenters. The van der Waals surface area contributed by atoms with Gasteiger partial charge in [0.15, 0.2) is 0 Å². The minimum absolute atomic E-state index is 0.0296. The Morgan fingerprint density at radius 2 is 1.92 bits per heavy atom. The Bertz CT molecular complexity index is 666. The molecule has 148 valence electrons. The fraction of sp³-hybridized carbons (Fsp3) is 0.667. The molecule has 1 fully saturated rings. The van der Waals surface area contributed by atoms with E-state index in [9.17, 15) is 12.8 Å². The molecule has 1 heterocycles. The maximum absolute atomic E-state index is 13.3. The number of sulfonamides is 1. The van der Waals surface area contributed by atoms with E-state index in [0.717, 1.165) is 50.9 Å². The standard InChI is InChI=1S/C18H28ClFN2O3S/c1-2-3-4-5-8-22(10-9-21-11-13-25-14-12-21)26(23,24)18-7-6-16(20)15-17(18)19/h6-7,15H,2-5,8-14H2,1H3. The third kappa shape index (κ3) is 6.16. The second-order valence-electron chi connectivity index (χ2n) is 6.49. The highest BCUT2D eigenvalue weighted by atomic mass is 35.5. The SMILES string of the molecule is CCCCCCN(CCN1CCOCC1)S(=O)(=O)c1ccc(F)cc1Cl. The van der Waals surface area contributed by atoms with Gasteiger partial charge in [-0.1, -0.05) is 37.8 Å². The molecule has 8 heteroatoms. The van der Waals surface area contributed by atoms with Crippen molar-refractivity contribution in [3.8, 4) is 0 Å². The van der Waals surface area contributed by atoms with Gasteiger partial charge in [0, 0.05) is 32.7 Å². The predicted molar refractivity (Wildman–Crippen MR) is 102 cm³/mol. The molecule has 0 bridgehead atoms. The van der Waals surface area contributed by atoms with Crippen LogP contribution in [0.2, 0.25) is 5.02 Å². The van der Waals surface area contributed by atoms with E-state index in [1.807, 2.05) is 0 Å². The zero-order valence-corrected chi connectivity index (χ0v) is 16.9. The zero-order valence-electron chi connectivity index (χ0n) is 15.3. The van der Waals surface area contributed by atoms with Gasteiger partial charge in [0.05, 0.1) is 18.2 Å². The van der Waals surface area contributed by atoms with Crippen molar-refractivity contribution in [2.45, 2.75) is 37.5 Å². The number of nitrogens with zero attached hydrogens (tertiary/aromatic N) is 2. The van der Waals surface area contributed by atoms with Crippen LogP contribution in [0.3, 0.4) is 0 Å². The van der Waals surface area contributed by atoms with Gasteiger partial charge >= 0.3 is 0 Å². The summed E-state index contributed by atoms with van der Waals surface area (Å²) < 4.78 is 46.3. The molecule has 0 amide bonds. The number of hydrogen-bond donors (Lipinski definition) is 0. The Morgan fingerprint density at radius 3 is 2.58 bits per heavy atom. The molecule has 0 N–H and O–H groups in total. The molecule has 0 spiro atoms. The number of hydrogen-bond acceptors (Lipinski definition) is 4. The molecule has 5 nitrogen and oxygen atoms in total. The highest BCUT2D eigenvalue weighted by Crippen LogP contribution is 2.26. The van der Waals surface area contributed by atoms with Gasteiger partial charge in [0.2, 0.25) is 10.0 Å². The summed E-state index contributed by atoms with van der Waals surface area (Å²) in [5, 5.41) is -0.0741. The Kier molecular flexibility index (Phi) is 8.76. The minimum Gasteiger partial charge on any atom is -0.379 e. The molecule has 1 aromatic rings. The van der Waals surface area contributed by atoms with Gasteiger partial charge in [-0.05, 0) is 24.6 Å². The fourth-order valence-electron chi connectivity index (χ4n) is 2.97. The number of rotatable bonds is 10. The third-order valence-corrected chi connectivity index (χ3v) is 6.92. The summed E-state index contributed by atoms with van der Waals surface area (Å²) in [5.41, 5.74) is 0. The maximum atomic E-state index is 13.3. The first-order chi connectivity index (χ1) is 12.4. The molecule has 1 aromatic carbocycles. The molecule has 0 aromatic heterocycles. The van der Waals surface area contributed by atoms with Crippen LogP contribution >= 0.6 is 11.6 Å². The Hall–Kier alpha value is -0.730. The molecule has 26 heavy (non-hydrogen) atoms. The quantitative estimate of drug-likeness (QED) is 0.559. The van der Waals surface area contributed by atoms with Gasteiger partial charge in [-0.25, -0.2) is 12.8 Å². The summed E-state index contributed by atoms with van der Waals surface area (Å²) in [6.07, 6.45) is 3.95. The molecule has 0 radical (unpaired) electrons. The first-order valence-electron chi connectivity index (χ1n) is 9.20. The second kappa shape index (κ2) is 10.6. The summed E-state index contributed by atoms with van der Waals surface area (Å²) in [6, 6.07) is 3.43. The van der Waals surface area contributed by atoms with Crippen LogP contribution in [0.25, 0.3) is 0 Å². The highest BCUT2D eigenvalue weighted by molar-refractivity contribution is 7.89. The van der Waals surface area contributed by atoms with Crippen molar-refractivity contribution >= 4 is 21.6 Å². The molecule has 1 aliphatic heterocycles. The van der Waals surface area contributed by atoms with Gasteiger partial charge < -0.3 is 4.74 Å². The van der Waals surface area contributed by atoms with Crippen molar-refractivity contribution in [3.05, 3.63) is 29.0 Å². The number of halogens is 2. The van der Waals surface area contributed by atoms with Crippen molar-refractivity contribution in [1.29, 1.82) is 0 Å². The van der Waals surface area contributed by atoms with Crippen molar-refractivity contribution in [2.24, 2.45) is 0 Å². The fourth-order valence-corrected chi connectivity index (χ4v) is 4.94. The van der Waals surface area contributed by atoms with E-state index < -0.39 is 15.8 Å². The molecule has 2 rings (SSSR count). The van der Waals surface area contributed by atoms with Crippen molar-refractivity contribution in [3.63, 3.8) is 0 Å². The van der Waals surface area contributed by atoms with Gasteiger partial charge in [-0.2, -0.15) is 4.31 Å². The molecular weight excluding hydrogens is 379 g/mol. The monoisotopic (exact) mass is 406 g/mol. The summed E-state index contributed by atoms with van der Waals surface area (Å²) in [5.74, 6) is -0.545. The van der Waals surface area contributed by atoms with E-state index >= 15 is 0 Å². The summed E-state index contributed by atoms with van der Waals surface area (Å²) in [7, 11) is -3.76. The van der Waals surface area contributed by atoms with Crippen LogP contribution in [0.1, 0.15) is 32.6 Å². The largest absolute Gasteiger partial charge is 0.379 e. The smallest absolute Gasteiger partial charge is 0.244 e. The van der Waals surface area contributed by atoms with E-state index in [1.54, 1.807) is 0 Å². The Balaban J connectivity index is 2.11. The van der Waals surface area contributed by atoms with E-state index in [1.165, 1.54) is 10.4 Å². The Labute approximate surface area is 161 Å². The first-order valence-corrected chi connectivity index (χ1v) is 11.0. The van der Waals surface area contributed by atoms with Crippen LogP contribution in [0.15, 0.2) is 23.1 Å². The van der Waals surface area contributed by atoms with Crippen LogP contribution in [0, 0.1) is 5.82 Å². The number of morpholine rings is 1. The average molecular weight is 407 g/mol. The van der Waals surface area contributed by atoms with Crippen LogP contribution in [0.5, 0.6) is 0 Å². The van der Waals surface area contributed by atoms with Gasteiger partial charge in [0.1, 0.15) is 10.7 Å². The summed E-state index contributed by atoms with van der Waals surface area (Å²) in [4.78, 5) is 2.17. The minimum atomic E-state index is -3.76. The second-order valence-corrected chi connectivity index (χ2v) is 8.81. The molecule has 0 atom stereocenters. The molecule has 1 saturated heterocycles. The molecule has 1 aliphatic rings. The zero-order chi connectivity index (χ0) is 19.0. The van der Waals surface area contributed by atoms with E-state index in [0.29, 0.717) is 32.8 Å². The van der Waals surface area contributed by atoms with Gasteiger partial charge in [-0.15, -0.1) is 0 Å². The van der Waals surface area contributed by atoms with Gasteiger partial charge in [-0.3, -0.25) is 4.90 Å². The van der Waals surface area contributed by atoms with Gasteiger partial charge in [0.25, 0.3) is 0 Å². The first kappa shape index (κ1) is 21.6. The lowest BCUT2D eigenvalue weighted by atomic mass is 10.2. The highest BCUT2D eigenvalue weighted by Gasteiger charge is 2.27. The lowest BCUT2D eigenvalue weighted by molar-refractivity contribution is 0.0362. The van der Waals surface area contributed by atoms with Crippen molar-refractivity contribution in [1.82, 2.24) is 9.21 Å². The average Bonchev–Trinajstić information content (AvgIpc) is 2.61. The lowest BCUT2D eigenvalue weighted by Crippen LogP contribution is -2.43. The number of ether oxygens (including phenoxy) is 1.